The van der Waals surface area contributed by atoms with E-state index in [0.717, 1.165) is 18.5 Å². The number of pyridine rings is 1. The van der Waals surface area contributed by atoms with E-state index in [1.54, 1.807) is 24.5 Å². The molecule has 0 bridgehead atoms. The Morgan fingerprint density at radius 3 is 2.77 bits per heavy atom. The zero-order chi connectivity index (χ0) is 18.4. The Morgan fingerprint density at radius 2 is 2.04 bits per heavy atom. The molecule has 1 amide bonds. The highest BCUT2D eigenvalue weighted by atomic mass is 32.2. The van der Waals surface area contributed by atoms with Gasteiger partial charge in [0.1, 0.15) is 0 Å². The van der Waals surface area contributed by atoms with E-state index in [4.69, 9.17) is 0 Å². The van der Waals surface area contributed by atoms with Crippen molar-refractivity contribution in [1.29, 1.82) is 0 Å². The molecule has 3 rings (SSSR count). The number of benzene rings is 1. The van der Waals surface area contributed by atoms with Crippen molar-refractivity contribution in [1.82, 2.24) is 20.3 Å². The molecule has 1 aliphatic rings. The van der Waals surface area contributed by atoms with Crippen LogP contribution < -0.4 is 15.4 Å². The smallest absolute Gasteiger partial charge is 0.251 e. The first-order chi connectivity index (χ1) is 12.5. The van der Waals surface area contributed by atoms with Crippen molar-refractivity contribution in [3.05, 3.63) is 59.9 Å². The molecular formula is C18H22N4O3S. The molecule has 0 aliphatic carbocycles. The maximum Gasteiger partial charge on any atom is 0.251 e. The minimum Gasteiger partial charge on any atom is -0.352 e. The first-order valence-corrected chi connectivity index (χ1v) is 10.0. The summed E-state index contributed by atoms with van der Waals surface area (Å²) in [5, 5.41) is 5.93. The van der Waals surface area contributed by atoms with Gasteiger partial charge in [-0.05, 0) is 55.3 Å². The Labute approximate surface area is 153 Å². The van der Waals surface area contributed by atoms with Crippen LogP contribution in [0.2, 0.25) is 0 Å². The SMILES string of the molecule is O=C(NCCc1ccncc1)c1cccc(S(=O)(=O)N[C@@H]2CCNC2)c1. The molecule has 3 N–H and O–H groups in total. The number of nitrogens with one attached hydrogen (secondary N) is 3. The minimum atomic E-state index is -3.64. The molecule has 138 valence electrons. The summed E-state index contributed by atoms with van der Waals surface area (Å²) in [6.45, 7) is 1.88. The van der Waals surface area contributed by atoms with Crippen molar-refractivity contribution in [2.75, 3.05) is 19.6 Å². The summed E-state index contributed by atoms with van der Waals surface area (Å²) in [6.07, 6.45) is 4.85. The number of carbonyl (C=O) groups excluding carboxylic acids is 1. The van der Waals surface area contributed by atoms with E-state index < -0.39 is 10.0 Å². The van der Waals surface area contributed by atoms with Crippen LogP contribution in [0, 0.1) is 0 Å². The Kier molecular flexibility index (Phi) is 5.97. The first kappa shape index (κ1) is 18.5. The third-order valence-electron chi connectivity index (χ3n) is 4.24. The predicted octanol–water partition coefficient (Wildman–Crippen LogP) is 0.694. The largest absolute Gasteiger partial charge is 0.352 e. The van der Waals surface area contributed by atoms with Crippen LogP contribution in [-0.2, 0) is 16.4 Å². The van der Waals surface area contributed by atoms with Gasteiger partial charge in [-0.1, -0.05) is 6.07 Å². The fourth-order valence-electron chi connectivity index (χ4n) is 2.82. The number of aromatic nitrogens is 1. The van der Waals surface area contributed by atoms with Gasteiger partial charge in [-0.25, -0.2) is 13.1 Å². The molecule has 8 heteroatoms. The maximum absolute atomic E-state index is 12.5. The van der Waals surface area contributed by atoms with Gasteiger partial charge in [-0.2, -0.15) is 0 Å². The summed E-state index contributed by atoms with van der Waals surface area (Å²) in [5.41, 5.74) is 1.40. The van der Waals surface area contributed by atoms with E-state index in [1.807, 2.05) is 12.1 Å². The summed E-state index contributed by atoms with van der Waals surface area (Å²) in [5.74, 6) is -0.293. The quantitative estimate of drug-likeness (QED) is 0.662. The Bertz CT molecular complexity index is 850. The zero-order valence-corrected chi connectivity index (χ0v) is 15.1. The first-order valence-electron chi connectivity index (χ1n) is 8.55. The summed E-state index contributed by atoms with van der Waals surface area (Å²) >= 11 is 0. The molecule has 1 atom stereocenters. The Morgan fingerprint density at radius 1 is 1.23 bits per heavy atom. The lowest BCUT2D eigenvalue weighted by Gasteiger charge is -2.13. The van der Waals surface area contributed by atoms with Gasteiger partial charge in [0.2, 0.25) is 10.0 Å². The molecule has 26 heavy (non-hydrogen) atoms. The second-order valence-corrected chi connectivity index (χ2v) is 7.91. The molecule has 7 nitrogen and oxygen atoms in total. The van der Waals surface area contributed by atoms with Gasteiger partial charge in [-0.15, -0.1) is 0 Å². The summed E-state index contributed by atoms with van der Waals surface area (Å²) < 4.78 is 27.6. The number of carbonyl (C=O) groups is 1. The van der Waals surface area contributed by atoms with Gasteiger partial charge in [-0.3, -0.25) is 9.78 Å². The molecule has 0 unspecified atom stereocenters. The van der Waals surface area contributed by atoms with Crippen molar-refractivity contribution in [2.24, 2.45) is 0 Å². The Balaban J connectivity index is 1.61. The van der Waals surface area contributed by atoms with Gasteiger partial charge in [0.15, 0.2) is 0 Å². The summed E-state index contributed by atoms with van der Waals surface area (Å²) in [4.78, 5) is 16.4. The van der Waals surface area contributed by atoms with Crippen LogP contribution in [0.3, 0.4) is 0 Å². The van der Waals surface area contributed by atoms with E-state index in [1.165, 1.54) is 12.1 Å². The molecule has 1 aliphatic heterocycles. The minimum absolute atomic E-state index is 0.103. The number of hydrogen-bond acceptors (Lipinski definition) is 5. The van der Waals surface area contributed by atoms with Crippen LogP contribution >= 0.6 is 0 Å². The number of rotatable bonds is 7. The molecule has 0 radical (unpaired) electrons. The molecule has 1 aromatic heterocycles. The number of amides is 1. The molecule has 1 aromatic carbocycles. The van der Waals surface area contributed by atoms with Gasteiger partial charge in [0.05, 0.1) is 4.90 Å². The molecular weight excluding hydrogens is 352 g/mol. The topological polar surface area (TPSA) is 100 Å². The van der Waals surface area contributed by atoms with Crippen molar-refractivity contribution in [3.63, 3.8) is 0 Å². The number of nitrogens with zero attached hydrogens (tertiary/aromatic N) is 1. The van der Waals surface area contributed by atoms with Crippen LogP contribution in [0.15, 0.2) is 53.7 Å². The normalized spacial score (nSPS) is 17.2. The average Bonchev–Trinajstić information content (AvgIpc) is 3.15. The third kappa shape index (κ3) is 4.87. The highest BCUT2D eigenvalue weighted by molar-refractivity contribution is 7.89. The van der Waals surface area contributed by atoms with Crippen molar-refractivity contribution < 1.29 is 13.2 Å². The summed E-state index contributed by atoms with van der Waals surface area (Å²) in [6, 6.07) is 9.77. The van der Waals surface area contributed by atoms with Gasteiger partial charge in [0, 0.05) is 37.1 Å². The van der Waals surface area contributed by atoms with Gasteiger partial charge >= 0.3 is 0 Å². The van der Waals surface area contributed by atoms with E-state index in [0.29, 0.717) is 25.1 Å². The monoisotopic (exact) mass is 374 g/mol. The van der Waals surface area contributed by atoms with Crippen LogP contribution in [0.1, 0.15) is 22.3 Å². The maximum atomic E-state index is 12.5. The van der Waals surface area contributed by atoms with Gasteiger partial charge < -0.3 is 10.6 Å². The molecule has 0 spiro atoms. The van der Waals surface area contributed by atoms with Crippen LogP contribution in [0.25, 0.3) is 0 Å². The lowest BCUT2D eigenvalue weighted by molar-refractivity contribution is 0.0954. The highest BCUT2D eigenvalue weighted by Gasteiger charge is 2.23. The van der Waals surface area contributed by atoms with Crippen molar-refractivity contribution in [2.45, 2.75) is 23.8 Å². The zero-order valence-electron chi connectivity index (χ0n) is 14.3. The lowest BCUT2D eigenvalue weighted by Crippen LogP contribution is -2.36. The molecule has 2 aromatic rings. The molecule has 0 saturated carbocycles. The fraction of sp³-hybridized carbons (Fsp3) is 0.333. The van der Waals surface area contributed by atoms with Crippen LogP contribution in [0.4, 0.5) is 0 Å². The predicted molar refractivity (Wildman–Crippen MR) is 98.3 cm³/mol. The average molecular weight is 374 g/mol. The summed E-state index contributed by atoms with van der Waals surface area (Å²) in [7, 11) is -3.64. The van der Waals surface area contributed by atoms with E-state index >= 15 is 0 Å². The molecule has 2 heterocycles. The highest BCUT2D eigenvalue weighted by Crippen LogP contribution is 2.13. The van der Waals surface area contributed by atoms with E-state index in [2.05, 4.69) is 20.3 Å². The third-order valence-corrected chi connectivity index (χ3v) is 5.76. The van der Waals surface area contributed by atoms with Crippen molar-refractivity contribution in [3.8, 4) is 0 Å². The van der Waals surface area contributed by atoms with Crippen molar-refractivity contribution >= 4 is 15.9 Å². The van der Waals surface area contributed by atoms with Crippen LogP contribution in [-0.4, -0.2) is 45.0 Å². The van der Waals surface area contributed by atoms with E-state index in [-0.39, 0.29) is 16.8 Å². The number of sulfonamides is 1. The van der Waals surface area contributed by atoms with Crippen LogP contribution in [0.5, 0.6) is 0 Å². The number of hydrogen-bond donors (Lipinski definition) is 3. The van der Waals surface area contributed by atoms with E-state index in [9.17, 15) is 13.2 Å². The van der Waals surface area contributed by atoms with Gasteiger partial charge in [0.25, 0.3) is 5.91 Å². The second-order valence-electron chi connectivity index (χ2n) is 6.20. The lowest BCUT2D eigenvalue weighted by atomic mass is 10.2. The Hall–Kier alpha value is -2.29. The fourth-order valence-corrected chi connectivity index (χ4v) is 4.14. The molecule has 1 saturated heterocycles. The second kappa shape index (κ2) is 8.39. The molecule has 1 fully saturated rings. The standard InChI is InChI=1S/C18H22N4O3S/c23-18(21-11-6-14-4-8-19-9-5-14)15-2-1-3-17(12-15)26(24,25)22-16-7-10-20-13-16/h1-5,8-9,12,16,20,22H,6-7,10-11,13H2,(H,21,23)/t16-/m1/s1.